The Hall–Kier alpha value is -4.01. The zero-order valence-corrected chi connectivity index (χ0v) is 32.7. The van der Waals surface area contributed by atoms with E-state index in [0.717, 1.165) is 51.4 Å². The molecule has 0 saturated carbocycles. The number of rotatable bonds is 31. The summed E-state index contributed by atoms with van der Waals surface area (Å²) in [5, 5.41) is 9.57. The molecule has 0 aliphatic heterocycles. The van der Waals surface area contributed by atoms with E-state index in [2.05, 4.69) is 50.3 Å². The van der Waals surface area contributed by atoms with Crippen molar-refractivity contribution in [2.75, 3.05) is 41.0 Å². The summed E-state index contributed by atoms with van der Waals surface area (Å²) in [6.45, 7) is 4.33. The first-order chi connectivity index (χ1) is 25.1. The molecule has 0 aromatic rings. The van der Waals surface area contributed by atoms with Crippen molar-refractivity contribution in [1.82, 2.24) is 0 Å². The number of likely N-dealkylation sites (N-methyl/N-ethyl adjacent to an activating group) is 1. The van der Waals surface area contributed by atoms with Gasteiger partial charge in [0.15, 0.2) is 12.1 Å². The molecule has 0 rings (SSSR count). The molecule has 0 aliphatic carbocycles. The van der Waals surface area contributed by atoms with Crippen molar-refractivity contribution in [3.63, 3.8) is 0 Å². The predicted molar refractivity (Wildman–Crippen MR) is 215 cm³/mol. The quantitative estimate of drug-likeness (QED) is 0.0250. The molecular weight excluding hydrogens is 654 g/mol. The molecule has 0 spiro atoms. The Labute approximate surface area is 315 Å². The van der Waals surface area contributed by atoms with Gasteiger partial charge >= 0.3 is 17.9 Å². The van der Waals surface area contributed by atoms with E-state index in [0.29, 0.717) is 19.3 Å². The maximum Gasteiger partial charge on any atom is 0.362 e. The van der Waals surface area contributed by atoms with E-state index in [1.807, 2.05) is 94.1 Å². The van der Waals surface area contributed by atoms with E-state index in [1.54, 1.807) is 0 Å². The summed E-state index contributed by atoms with van der Waals surface area (Å²) in [5.41, 5.74) is 0. The fraction of sp³-hybridized carbons (Fsp3) is 0.523. The number of carboxylic acids is 1. The summed E-state index contributed by atoms with van der Waals surface area (Å²) >= 11 is 0. The van der Waals surface area contributed by atoms with Gasteiger partial charge in [-0.15, -0.1) is 0 Å². The monoisotopic (exact) mass is 722 g/mol. The van der Waals surface area contributed by atoms with Crippen LogP contribution in [0.25, 0.3) is 0 Å². The molecule has 0 aromatic heterocycles. The Kier molecular flexibility index (Phi) is 31.5. The topological polar surface area (TPSA) is 99.1 Å². The molecule has 0 heterocycles. The molecule has 8 nitrogen and oxygen atoms in total. The first-order valence-corrected chi connectivity index (χ1v) is 19.0. The normalized spacial score (nSPS) is 14.2. The van der Waals surface area contributed by atoms with Crippen LogP contribution in [-0.4, -0.2) is 80.6 Å². The van der Waals surface area contributed by atoms with Crippen molar-refractivity contribution in [2.24, 2.45) is 0 Å². The molecule has 0 aliphatic rings. The highest BCUT2D eigenvalue weighted by Crippen LogP contribution is 2.11. The Morgan fingerprint density at radius 3 is 1.71 bits per heavy atom. The van der Waals surface area contributed by atoms with E-state index in [4.69, 9.17) is 14.2 Å². The lowest BCUT2D eigenvalue weighted by Gasteiger charge is -2.31. The third-order valence-corrected chi connectivity index (χ3v) is 7.61. The Balaban J connectivity index is 4.54. The van der Waals surface area contributed by atoms with Gasteiger partial charge in [-0.3, -0.25) is 9.59 Å². The number of hydrogen-bond acceptors (Lipinski definition) is 6. The van der Waals surface area contributed by atoms with Crippen molar-refractivity contribution in [2.45, 2.75) is 109 Å². The number of nitrogens with zero attached hydrogens (tertiary/aromatic N) is 1. The molecule has 0 fully saturated rings. The van der Waals surface area contributed by atoms with Crippen molar-refractivity contribution in [3.8, 4) is 0 Å². The van der Waals surface area contributed by atoms with Crippen LogP contribution in [0.3, 0.4) is 0 Å². The maximum absolute atomic E-state index is 12.6. The van der Waals surface area contributed by atoms with E-state index in [9.17, 15) is 19.5 Å². The number of aliphatic carboxylic acids is 1. The van der Waals surface area contributed by atoms with E-state index in [1.165, 1.54) is 0 Å². The molecule has 0 saturated heterocycles. The summed E-state index contributed by atoms with van der Waals surface area (Å²) < 4.78 is 17.1. The highest BCUT2D eigenvalue weighted by atomic mass is 16.6. The molecule has 0 bridgehead atoms. The molecule has 1 N–H and O–H groups in total. The number of carbonyl (C=O) groups excluding carboxylic acids is 2. The second kappa shape index (κ2) is 34.1. The number of carboxylic acid groups (broad SMARTS) is 1. The minimum atomic E-state index is -0.895. The van der Waals surface area contributed by atoms with Gasteiger partial charge in [-0.1, -0.05) is 130 Å². The molecule has 290 valence electrons. The zero-order chi connectivity index (χ0) is 38.5. The third-order valence-electron chi connectivity index (χ3n) is 7.61. The molecule has 2 unspecified atom stereocenters. The number of esters is 2. The highest BCUT2D eigenvalue weighted by Gasteiger charge is 2.31. The lowest BCUT2D eigenvalue weighted by Crippen LogP contribution is -2.50. The van der Waals surface area contributed by atoms with Crippen LogP contribution in [0.4, 0.5) is 0 Å². The first-order valence-electron chi connectivity index (χ1n) is 19.0. The van der Waals surface area contributed by atoms with Crippen LogP contribution < -0.4 is 0 Å². The van der Waals surface area contributed by atoms with Crippen LogP contribution in [-0.2, 0) is 28.6 Å². The number of quaternary nitrogens is 1. The summed E-state index contributed by atoms with van der Waals surface area (Å²) in [4.78, 5) is 36.7. The fourth-order valence-corrected chi connectivity index (χ4v) is 4.70. The largest absolute Gasteiger partial charge is 0.477 e. The molecule has 8 heteroatoms. The predicted octanol–water partition coefficient (Wildman–Crippen LogP) is 9.73. The van der Waals surface area contributed by atoms with Gasteiger partial charge in [0, 0.05) is 19.3 Å². The molecular formula is C44H68NO7+. The lowest BCUT2D eigenvalue weighted by molar-refractivity contribution is -0.887. The second-order valence-corrected chi connectivity index (χ2v) is 13.2. The average Bonchev–Trinajstić information content (AvgIpc) is 3.09. The van der Waals surface area contributed by atoms with Gasteiger partial charge in [0.1, 0.15) is 6.61 Å². The fourth-order valence-electron chi connectivity index (χ4n) is 4.70. The van der Waals surface area contributed by atoms with Gasteiger partial charge in [0.05, 0.1) is 34.4 Å². The zero-order valence-electron chi connectivity index (χ0n) is 32.7. The van der Waals surface area contributed by atoms with Crippen LogP contribution in [0.5, 0.6) is 0 Å². The molecule has 0 amide bonds. The van der Waals surface area contributed by atoms with Crippen LogP contribution in [0, 0.1) is 0 Å². The number of allylic oxidation sites excluding steroid dienone is 18. The van der Waals surface area contributed by atoms with Crippen LogP contribution in [0.15, 0.2) is 109 Å². The summed E-state index contributed by atoms with van der Waals surface area (Å²) in [6, 6.07) is -0.633. The van der Waals surface area contributed by atoms with Crippen molar-refractivity contribution in [3.05, 3.63) is 109 Å². The molecule has 52 heavy (non-hydrogen) atoms. The Morgan fingerprint density at radius 2 is 1.12 bits per heavy atom. The average molecular weight is 723 g/mol. The minimum Gasteiger partial charge on any atom is -0.477 e. The lowest BCUT2D eigenvalue weighted by atomic mass is 10.1. The van der Waals surface area contributed by atoms with Gasteiger partial charge < -0.3 is 23.8 Å². The number of hydrogen-bond donors (Lipinski definition) is 1. The summed E-state index contributed by atoms with van der Waals surface area (Å²) in [5.74, 6) is -1.60. The molecule has 2 atom stereocenters. The second-order valence-electron chi connectivity index (χ2n) is 13.2. The first kappa shape index (κ1) is 48.0. The van der Waals surface area contributed by atoms with E-state index in [-0.39, 0.29) is 49.1 Å². The van der Waals surface area contributed by atoms with Crippen molar-refractivity contribution in [1.29, 1.82) is 0 Å². The Morgan fingerprint density at radius 1 is 0.596 bits per heavy atom. The number of unbranched alkanes of at least 4 members (excludes halogenated alkanes) is 5. The minimum absolute atomic E-state index is 0.0242. The molecule has 0 radical (unpaired) electrons. The van der Waals surface area contributed by atoms with Crippen molar-refractivity contribution < 1.29 is 38.2 Å². The summed E-state index contributed by atoms with van der Waals surface area (Å²) in [6.07, 6.45) is 45.8. The van der Waals surface area contributed by atoms with Gasteiger partial charge in [-0.05, 0) is 57.8 Å². The van der Waals surface area contributed by atoms with Gasteiger partial charge in [-0.2, -0.15) is 0 Å². The molecule has 0 aromatic carbocycles. The third kappa shape index (κ3) is 31.9. The van der Waals surface area contributed by atoms with Gasteiger partial charge in [0.2, 0.25) is 0 Å². The number of ether oxygens (including phenoxy) is 3. The van der Waals surface area contributed by atoms with Crippen molar-refractivity contribution >= 4 is 17.9 Å². The van der Waals surface area contributed by atoms with Crippen LogP contribution in [0.2, 0.25) is 0 Å². The smallest absolute Gasteiger partial charge is 0.362 e. The van der Waals surface area contributed by atoms with Gasteiger partial charge in [-0.25, -0.2) is 4.79 Å². The van der Waals surface area contributed by atoms with E-state index >= 15 is 0 Å². The maximum atomic E-state index is 12.6. The number of carbonyl (C=O) groups is 3. The van der Waals surface area contributed by atoms with E-state index < -0.39 is 18.1 Å². The standard InChI is InChI=1S/C44H67NO7/c1-6-8-10-12-14-16-17-18-19-20-21-22-23-24-25-27-28-30-32-34-42(46)51-39-40(38-50-37-36-41(44(48)49)45(3,4)5)52-43(47)35-33-31-29-26-15-13-11-9-7-2/h8-12,14-26,40-41H,6-7,13,27-39H2,1-5H3/p+1/b10-8+,11-9+,14-12+,17-16+,19-18+,21-20+,23-22+,25-24+,26-15+. The van der Waals surface area contributed by atoms with Crippen LogP contribution >= 0.6 is 0 Å². The highest BCUT2D eigenvalue weighted by molar-refractivity contribution is 5.72. The van der Waals surface area contributed by atoms with Gasteiger partial charge in [0.25, 0.3) is 0 Å². The SMILES string of the molecule is CC/C=C/C=C/C=C/C=C/C=C/C=C/C=C/CCCCCC(=O)OCC(COCCC(C(=O)O)[N+](C)(C)C)OC(=O)CCCC/C=C/C/C=C/CC. The summed E-state index contributed by atoms with van der Waals surface area (Å²) in [7, 11) is 5.47. The van der Waals surface area contributed by atoms with Crippen LogP contribution in [0.1, 0.15) is 97.3 Å². The Bertz CT molecular complexity index is 1210.